The minimum absolute atomic E-state index is 0. The van der Waals surface area contributed by atoms with E-state index in [0.717, 1.165) is 0 Å². The Labute approximate surface area is 96.1 Å². The van der Waals surface area contributed by atoms with Crippen molar-refractivity contribution in [3.63, 3.8) is 0 Å². The van der Waals surface area contributed by atoms with Gasteiger partial charge >= 0.3 is 0 Å². The molecule has 1 heteroatoms. The Morgan fingerprint density at radius 3 is 0.800 bits per heavy atom. The van der Waals surface area contributed by atoms with Crippen LogP contribution in [0.3, 0.4) is 0 Å². The quantitative estimate of drug-likeness (QED) is 0.520. The summed E-state index contributed by atoms with van der Waals surface area (Å²) >= 11 is 0. The Morgan fingerprint density at radius 1 is 0.800 bits per heavy atom. The molecule has 0 spiro atoms. The van der Waals surface area contributed by atoms with Gasteiger partial charge in [0.1, 0.15) is 0 Å². The smallest absolute Gasteiger partial charge is 0 e. The first-order valence-electron chi connectivity index (χ1n) is 2.12. The SMILES string of the molecule is C.C.C.C.CCC.[CH2-]C.[Y]. The van der Waals surface area contributed by atoms with Gasteiger partial charge in [-0.25, -0.2) is 0 Å². The molecule has 1 radical (unpaired) electrons. The van der Waals surface area contributed by atoms with E-state index < -0.39 is 0 Å². The van der Waals surface area contributed by atoms with Gasteiger partial charge in [0, 0.05) is 32.7 Å². The van der Waals surface area contributed by atoms with E-state index in [1.165, 1.54) is 6.42 Å². The van der Waals surface area contributed by atoms with Gasteiger partial charge in [-0.3, -0.25) is 0 Å². The molecule has 0 aliphatic rings. The van der Waals surface area contributed by atoms with Crippen LogP contribution < -0.4 is 0 Å². The fourth-order valence-corrected chi connectivity index (χ4v) is 0. The molecular formula is C9H29Y-. The van der Waals surface area contributed by atoms with Crippen molar-refractivity contribution in [3.8, 4) is 0 Å². The van der Waals surface area contributed by atoms with E-state index in [-0.39, 0.29) is 62.4 Å². The first-order valence-corrected chi connectivity index (χ1v) is 2.12. The summed E-state index contributed by atoms with van der Waals surface area (Å²) in [5, 5.41) is 0. The minimum Gasteiger partial charge on any atom is -0.346 e. The van der Waals surface area contributed by atoms with Gasteiger partial charge in [-0.15, -0.1) is 0 Å². The van der Waals surface area contributed by atoms with Crippen molar-refractivity contribution in [3.05, 3.63) is 6.92 Å². The summed E-state index contributed by atoms with van der Waals surface area (Å²) in [6.07, 6.45) is 1.25. The second kappa shape index (κ2) is 189. The molecule has 0 aromatic carbocycles. The predicted octanol–water partition coefficient (Wildman–Crippen LogP) is 4.80. The summed E-state index contributed by atoms with van der Waals surface area (Å²) < 4.78 is 0. The first-order chi connectivity index (χ1) is 2.41. The van der Waals surface area contributed by atoms with Crippen LogP contribution >= 0.6 is 0 Å². The Balaban J connectivity index is -0.00000000246. The summed E-state index contributed by atoms with van der Waals surface area (Å²) in [6.45, 7) is 9.25. The van der Waals surface area contributed by atoms with Crippen molar-refractivity contribution < 1.29 is 32.7 Å². The van der Waals surface area contributed by atoms with Crippen LogP contribution in [0.2, 0.25) is 0 Å². The second-order valence-electron chi connectivity index (χ2n) is 0.707. The van der Waals surface area contributed by atoms with E-state index in [2.05, 4.69) is 20.8 Å². The van der Waals surface area contributed by atoms with Crippen molar-refractivity contribution in [2.75, 3.05) is 0 Å². The van der Waals surface area contributed by atoms with Crippen molar-refractivity contribution in [2.45, 2.75) is 56.9 Å². The maximum atomic E-state index is 3.25. The van der Waals surface area contributed by atoms with Crippen LogP contribution in [-0.4, -0.2) is 0 Å². The molecule has 10 heavy (non-hydrogen) atoms. The molecule has 0 atom stereocenters. The molecule has 0 aromatic rings. The first kappa shape index (κ1) is 67.3. The van der Waals surface area contributed by atoms with E-state index >= 15 is 0 Å². The van der Waals surface area contributed by atoms with Crippen LogP contribution in [0.1, 0.15) is 56.9 Å². The van der Waals surface area contributed by atoms with Gasteiger partial charge in [-0.05, 0) is 0 Å². The molecule has 0 saturated heterocycles. The molecule has 0 saturated carbocycles. The zero-order chi connectivity index (χ0) is 4.71. The average Bonchev–Trinajstić information content (AvgIpc) is 1.46. The molecule has 0 aromatic heterocycles. The molecule has 0 amide bonds. The zero-order valence-corrected chi connectivity index (χ0v) is 7.83. The van der Waals surface area contributed by atoms with Crippen molar-refractivity contribution in [1.82, 2.24) is 0 Å². The second-order valence-corrected chi connectivity index (χ2v) is 0.707. The fourth-order valence-electron chi connectivity index (χ4n) is 0. The van der Waals surface area contributed by atoms with E-state index in [0.29, 0.717) is 0 Å². The van der Waals surface area contributed by atoms with E-state index in [1.54, 1.807) is 6.92 Å². The standard InChI is InChI=1S/C3H8.C2H5.4CH4.Y/c1-3-2;1-2;;;;;/h3H2,1-2H3;1H2,2H3;4*1H4;/q;-1;;;;;. The van der Waals surface area contributed by atoms with Crippen LogP contribution in [0.4, 0.5) is 0 Å². The third-order valence-electron chi connectivity index (χ3n) is 0. The third-order valence-corrected chi connectivity index (χ3v) is 0. The van der Waals surface area contributed by atoms with Crippen molar-refractivity contribution >= 4 is 0 Å². The Bertz CT molecular complexity index is 4.69. The molecule has 0 rings (SSSR count). The molecular weight excluding hydrogens is 197 g/mol. The van der Waals surface area contributed by atoms with Crippen LogP contribution in [-0.2, 0) is 32.7 Å². The van der Waals surface area contributed by atoms with Gasteiger partial charge in [-0.1, -0.05) is 50.0 Å². The molecule has 0 aliphatic heterocycles. The maximum absolute atomic E-state index is 3.25. The van der Waals surface area contributed by atoms with Gasteiger partial charge in [0.15, 0.2) is 0 Å². The number of hydrogen-bond donors (Lipinski definition) is 0. The van der Waals surface area contributed by atoms with Gasteiger partial charge in [-0.2, -0.15) is 6.92 Å². The van der Waals surface area contributed by atoms with E-state index in [4.69, 9.17) is 0 Å². The Hall–Kier alpha value is 1.10. The van der Waals surface area contributed by atoms with E-state index in [9.17, 15) is 0 Å². The maximum Gasteiger partial charge on any atom is 0 e. The van der Waals surface area contributed by atoms with Crippen LogP contribution in [0.15, 0.2) is 0 Å². The molecule has 0 bridgehead atoms. The molecule has 0 unspecified atom stereocenters. The van der Waals surface area contributed by atoms with Gasteiger partial charge in [0.2, 0.25) is 0 Å². The molecule has 0 heterocycles. The average molecular weight is 226 g/mol. The molecule has 0 fully saturated rings. The zero-order valence-electron chi connectivity index (χ0n) is 4.99. The van der Waals surface area contributed by atoms with Gasteiger partial charge in [0.05, 0.1) is 0 Å². The number of rotatable bonds is 0. The third kappa shape index (κ3) is 491. The van der Waals surface area contributed by atoms with Crippen LogP contribution in [0.25, 0.3) is 0 Å². The van der Waals surface area contributed by atoms with Gasteiger partial charge < -0.3 is 6.92 Å². The summed E-state index contributed by atoms with van der Waals surface area (Å²) in [6, 6.07) is 0. The minimum atomic E-state index is 0. The van der Waals surface area contributed by atoms with E-state index in [1.807, 2.05) is 0 Å². The molecule has 0 nitrogen and oxygen atoms in total. The molecule has 0 N–H and O–H groups in total. The number of hydrogen-bond acceptors (Lipinski definition) is 0. The Kier molecular flexibility index (Phi) is 1270. The van der Waals surface area contributed by atoms with Crippen LogP contribution in [0.5, 0.6) is 0 Å². The fraction of sp³-hybridized carbons (Fsp3) is 0.889. The molecule has 0 aliphatic carbocycles. The Morgan fingerprint density at radius 2 is 0.800 bits per heavy atom. The normalized spacial score (nSPS) is 2.40. The summed E-state index contributed by atoms with van der Waals surface area (Å²) in [4.78, 5) is 0. The predicted molar refractivity (Wildman–Crippen MR) is 53.9 cm³/mol. The van der Waals surface area contributed by atoms with Gasteiger partial charge in [0.25, 0.3) is 0 Å². The topological polar surface area (TPSA) is 0 Å². The summed E-state index contributed by atoms with van der Waals surface area (Å²) in [5.41, 5.74) is 0. The summed E-state index contributed by atoms with van der Waals surface area (Å²) in [5.74, 6) is 0. The molecule has 69 valence electrons. The van der Waals surface area contributed by atoms with Crippen LogP contribution in [0, 0.1) is 6.92 Å². The van der Waals surface area contributed by atoms with Crippen molar-refractivity contribution in [1.29, 1.82) is 0 Å². The van der Waals surface area contributed by atoms with Crippen molar-refractivity contribution in [2.24, 2.45) is 0 Å². The largest absolute Gasteiger partial charge is 0.346 e. The summed E-state index contributed by atoms with van der Waals surface area (Å²) in [7, 11) is 0. The monoisotopic (exact) mass is 226 g/mol.